The van der Waals surface area contributed by atoms with Gasteiger partial charge in [-0.2, -0.15) is 0 Å². The molecule has 33 heavy (non-hydrogen) atoms. The average Bonchev–Trinajstić information content (AvgIpc) is 3.04. The van der Waals surface area contributed by atoms with E-state index < -0.39 is 17.8 Å². The highest BCUT2D eigenvalue weighted by molar-refractivity contribution is 6.53. The highest BCUT2D eigenvalue weighted by Gasteiger charge is 2.39. The molecule has 0 saturated carbocycles. The maximum absolute atomic E-state index is 12.9. The van der Waals surface area contributed by atoms with E-state index in [9.17, 15) is 14.4 Å². The number of hydrogen-bond donors (Lipinski definition) is 1. The van der Waals surface area contributed by atoms with Gasteiger partial charge in [-0.25, -0.2) is 9.69 Å². The van der Waals surface area contributed by atoms with Gasteiger partial charge in [0.05, 0.1) is 17.9 Å². The second-order valence-corrected chi connectivity index (χ2v) is 7.34. The molecule has 0 aliphatic carbocycles. The number of anilines is 2. The predicted molar refractivity (Wildman–Crippen MR) is 124 cm³/mol. The van der Waals surface area contributed by atoms with Gasteiger partial charge in [-0.15, -0.1) is 0 Å². The van der Waals surface area contributed by atoms with Gasteiger partial charge >= 0.3 is 5.97 Å². The molecule has 1 aliphatic rings. The van der Waals surface area contributed by atoms with Crippen molar-refractivity contribution in [3.05, 3.63) is 95.2 Å². The van der Waals surface area contributed by atoms with Crippen molar-refractivity contribution in [1.82, 2.24) is 0 Å². The summed E-state index contributed by atoms with van der Waals surface area (Å²) in [5.74, 6) is -0.661. The van der Waals surface area contributed by atoms with Crippen molar-refractivity contribution in [3.63, 3.8) is 0 Å². The molecule has 0 unspecified atom stereocenters. The Balaban J connectivity index is 1.46. The summed E-state index contributed by atoms with van der Waals surface area (Å²) in [5.41, 5.74) is 1.14. The van der Waals surface area contributed by atoms with E-state index in [0.717, 1.165) is 4.90 Å². The first-order valence-corrected chi connectivity index (χ1v) is 10.5. The summed E-state index contributed by atoms with van der Waals surface area (Å²) in [6, 6.07) is 21.6. The Morgan fingerprint density at radius 2 is 1.55 bits per heavy atom. The SMILES string of the molecule is CCOc1ccc(N2C(=O)C(Cl)=C(Nc3ccc(C(=O)Oc4ccccc4)cc3)C2=O)cc1. The summed E-state index contributed by atoms with van der Waals surface area (Å²) < 4.78 is 10.7. The number of rotatable bonds is 7. The first-order valence-electron chi connectivity index (χ1n) is 10.1. The van der Waals surface area contributed by atoms with Crippen LogP contribution in [0.2, 0.25) is 0 Å². The molecule has 0 saturated heterocycles. The van der Waals surface area contributed by atoms with Crippen LogP contribution in [0.5, 0.6) is 11.5 Å². The predicted octanol–water partition coefficient (Wildman–Crippen LogP) is 4.74. The van der Waals surface area contributed by atoms with Gasteiger partial charge in [0.25, 0.3) is 11.8 Å². The van der Waals surface area contributed by atoms with E-state index in [-0.39, 0.29) is 10.7 Å². The molecule has 3 aromatic carbocycles. The van der Waals surface area contributed by atoms with Gasteiger partial charge < -0.3 is 14.8 Å². The van der Waals surface area contributed by atoms with Gasteiger partial charge in [0.2, 0.25) is 0 Å². The van der Waals surface area contributed by atoms with E-state index in [2.05, 4.69) is 5.32 Å². The van der Waals surface area contributed by atoms with Crippen LogP contribution in [-0.2, 0) is 9.59 Å². The summed E-state index contributed by atoms with van der Waals surface area (Å²) in [7, 11) is 0. The lowest BCUT2D eigenvalue weighted by atomic mass is 10.2. The largest absolute Gasteiger partial charge is 0.494 e. The van der Waals surface area contributed by atoms with Crippen molar-refractivity contribution in [3.8, 4) is 11.5 Å². The van der Waals surface area contributed by atoms with Crippen molar-refractivity contribution in [2.75, 3.05) is 16.8 Å². The number of amides is 2. The molecule has 166 valence electrons. The minimum Gasteiger partial charge on any atom is -0.494 e. The topological polar surface area (TPSA) is 84.9 Å². The van der Waals surface area contributed by atoms with Crippen LogP contribution in [0.25, 0.3) is 0 Å². The zero-order valence-corrected chi connectivity index (χ0v) is 18.3. The highest BCUT2D eigenvalue weighted by atomic mass is 35.5. The van der Waals surface area contributed by atoms with E-state index in [4.69, 9.17) is 21.1 Å². The Morgan fingerprint density at radius 3 is 2.18 bits per heavy atom. The summed E-state index contributed by atoms with van der Waals surface area (Å²) in [6.07, 6.45) is 0. The van der Waals surface area contributed by atoms with Crippen molar-refractivity contribution in [2.45, 2.75) is 6.92 Å². The summed E-state index contributed by atoms with van der Waals surface area (Å²) in [5, 5.41) is 2.66. The van der Waals surface area contributed by atoms with Gasteiger partial charge in [-0.1, -0.05) is 29.8 Å². The Kier molecular flexibility index (Phi) is 6.42. The monoisotopic (exact) mass is 462 g/mol. The normalized spacial score (nSPS) is 13.3. The third-order valence-corrected chi connectivity index (χ3v) is 5.13. The molecule has 0 spiro atoms. The molecule has 1 heterocycles. The smallest absolute Gasteiger partial charge is 0.343 e. The fourth-order valence-corrected chi connectivity index (χ4v) is 3.41. The van der Waals surface area contributed by atoms with Crippen molar-refractivity contribution in [2.24, 2.45) is 0 Å². The van der Waals surface area contributed by atoms with Crippen LogP contribution in [0.3, 0.4) is 0 Å². The second-order valence-electron chi connectivity index (χ2n) is 6.97. The summed E-state index contributed by atoms with van der Waals surface area (Å²) >= 11 is 6.18. The number of benzene rings is 3. The van der Waals surface area contributed by atoms with E-state index in [1.807, 2.05) is 13.0 Å². The number of ether oxygens (including phenoxy) is 2. The molecule has 0 atom stereocenters. The minimum absolute atomic E-state index is 0.0461. The fraction of sp³-hybridized carbons (Fsp3) is 0.0800. The molecule has 3 aromatic rings. The van der Waals surface area contributed by atoms with Gasteiger partial charge in [0, 0.05) is 5.69 Å². The first-order chi connectivity index (χ1) is 16.0. The van der Waals surface area contributed by atoms with Crippen LogP contribution >= 0.6 is 11.6 Å². The number of carbonyl (C=O) groups is 3. The highest BCUT2D eigenvalue weighted by Crippen LogP contribution is 2.31. The number of nitrogens with one attached hydrogen (secondary N) is 1. The van der Waals surface area contributed by atoms with Gasteiger partial charge in [0.15, 0.2) is 0 Å². The maximum atomic E-state index is 12.9. The summed E-state index contributed by atoms with van der Waals surface area (Å²) in [4.78, 5) is 38.8. The molecule has 8 heteroatoms. The molecule has 2 amide bonds. The van der Waals surface area contributed by atoms with Crippen LogP contribution in [0.4, 0.5) is 11.4 Å². The third kappa shape index (κ3) is 4.73. The van der Waals surface area contributed by atoms with Crippen LogP contribution in [0.1, 0.15) is 17.3 Å². The Hall–Kier alpha value is -4.10. The van der Waals surface area contributed by atoms with E-state index in [1.165, 1.54) is 0 Å². The molecule has 1 aliphatic heterocycles. The quantitative estimate of drug-likeness (QED) is 0.310. The molecular weight excluding hydrogens is 444 g/mol. The van der Waals surface area contributed by atoms with E-state index in [0.29, 0.717) is 35.0 Å². The molecule has 7 nitrogen and oxygen atoms in total. The lowest BCUT2D eigenvalue weighted by molar-refractivity contribution is -0.120. The van der Waals surface area contributed by atoms with Crippen molar-refractivity contribution < 1.29 is 23.9 Å². The summed E-state index contributed by atoms with van der Waals surface area (Å²) in [6.45, 7) is 2.37. The average molecular weight is 463 g/mol. The molecule has 0 bridgehead atoms. The van der Waals surface area contributed by atoms with E-state index >= 15 is 0 Å². The van der Waals surface area contributed by atoms with Crippen LogP contribution in [0.15, 0.2) is 89.6 Å². The number of para-hydroxylation sites is 1. The number of esters is 1. The van der Waals surface area contributed by atoms with Crippen LogP contribution < -0.4 is 19.7 Å². The lowest BCUT2D eigenvalue weighted by Gasteiger charge is -2.15. The van der Waals surface area contributed by atoms with Gasteiger partial charge in [-0.05, 0) is 67.6 Å². The van der Waals surface area contributed by atoms with Crippen molar-refractivity contribution >= 4 is 40.8 Å². The third-order valence-electron chi connectivity index (χ3n) is 4.78. The zero-order chi connectivity index (χ0) is 23.4. The number of imide groups is 1. The Morgan fingerprint density at radius 1 is 0.879 bits per heavy atom. The van der Waals surface area contributed by atoms with Crippen LogP contribution in [-0.4, -0.2) is 24.4 Å². The Labute approximate surface area is 195 Å². The Bertz CT molecular complexity index is 1220. The van der Waals surface area contributed by atoms with E-state index in [1.54, 1.807) is 72.8 Å². The number of hydrogen-bond acceptors (Lipinski definition) is 6. The van der Waals surface area contributed by atoms with Gasteiger partial charge in [-0.3, -0.25) is 9.59 Å². The fourth-order valence-electron chi connectivity index (χ4n) is 3.19. The standard InChI is InChI=1S/C25H19ClN2O5/c1-2-32-19-14-12-18(13-15-19)28-23(29)21(26)22(24(28)30)27-17-10-8-16(9-11-17)25(31)33-20-6-4-3-5-7-20/h3-15,27H,2H2,1H3. The molecule has 0 radical (unpaired) electrons. The van der Waals surface area contributed by atoms with Gasteiger partial charge in [0.1, 0.15) is 22.2 Å². The molecule has 0 aromatic heterocycles. The number of carbonyl (C=O) groups excluding carboxylic acids is 3. The maximum Gasteiger partial charge on any atom is 0.343 e. The van der Waals surface area contributed by atoms with Crippen molar-refractivity contribution in [1.29, 1.82) is 0 Å². The molecule has 0 fully saturated rings. The molecule has 4 rings (SSSR count). The number of nitrogens with zero attached hydrogens (tertiary/aromatic N) is 1. The second kappa shape index (κ2) is 9.58. The first kappa shape index (κ1) is 22.1. The van der Waals surface area contributed by atoms with Crippen LogP contribution in [0, 0.1) is 0 Å². The molecular formula is C25H19ClN2O5. The number of halogens is 1. The molecule has 1 N–H and O–H groups in total. The minimum atomic E-state index is -0.628. The lowest BCUT2D eigenvalue weighted by Crippen LogP contribution is -2.32. The zero-order valence-electron chi connectivity index (χ0n) is 17.6.